The molecule has 0 N–H and O–H groups in total. The maximum Gasteiger partial charge on any atom is 0.416 e. The second-order valence-corrected chi connectivity index (χ2v) is 4.80. The van der Waals surface area contributed by atoms with Gasteiger partial charge in [0.05, 0.1) is 5.56 Å². The fourth-order valence-corrected chi connectivity index (χ4v) is 1.46. The van der Waals surface area contributed by atoms with Gasteiger partial charge in [0.1, 0.15) is 0 Å². The quantitative estimate of drug-likeness (QED) is 0.675. The molecule has 0 aromatic carbocycles. The van der Waals surface area contributed by atoms with E-state index in [1.807, 2.05) is 0 Å². The number of hydrogen-bond donors (Lipinski definition) is 0. The van der Waals surface area contributed by atoms with E-state index < -0.39 is 22.7 Å². The lowest BCUT2D eigenvalue weighted by Gasteiger charge is -2.24. The van der Waals surface area contributed by atoms with Crippen LogP contribution in [-0.4, -0.2) is 4.57 Å². The van der Waals surface area contributed by atoms with Crippen molar-refractivity contribution in [2.75, 3.05) is 0 Å². The number of halogens is 3. The van der Waals surface area contributed by atoms with E-state index in [9.17, 15) is 18.0 Å². The van der Waals surface area contributed by atoms with Crippen molar-refractivity contribution in [2.45, 2.75) is 32.4 Å². The van der Waals surface area contributed by atoms with Gasteiger partial charge in [-0.05, 0) is 11.0 Å². The van der Waals surface area contributed by atoms with Crippen molar-refractivity contribution in [3.8, 4) is 0 Å². The standard InChI is InChI=1S/C11H14F3NO/c1-10(2,3)8-6-15(4)9(16)5-7(8)11(12,13)14/h5-6H,1-4H3. The van der Waals surface area contributed by atoms with E-state index in [1.54, 1.807) is 20.8 Å². The summed E-state index contributed by atoms with van der Waals surface area (Å²) in [5, 5.41) is 0. The fraction of sp³-hybridized carbons (Fsp3) is 0.545. The summed E-state index contributed by atoms with van der Waals surface area (Å²) in [6.07, 6.45) is -3.23. The maximum atomic E-state index is 12.7. The van der Waals surface area contributed by atoms with Gasteiger partial charge in [-0.1, -0.05) is 20.8 Å². The molecule has 0 radical (unpaired) electrons. The zero-order valence-corrected chi connectivity index (χ0v) is 9.64. The van der Waals surface area contributed by atoms with Crippen molar-refractivity contribution >= 4 is 0 Å². The summed E-state index contributed by atoms with van der Waals surface area (Å²) in [7, 11) is 1.44. The van der Waals surface area contributed by atoms with Crippen LogP contribution < -0.4 is 5.56 Å². The van der Waals surface area contributed by atoms with E-state index in [4.69, 9.17) is 0 Å². The number of aromatic nitrogens is 1. The van der Waals surface area contributed by atoms with Crippen molar-refractivity contribution in [3.05, 3.63) is 33.7 Å². The van der Waals surface area contributed by atoms with Gasteiger partial charge in [0, 0.05) is 19.3 Å². The molecule has 0 saturated heterocycles. The summed E-state index contributed by atoms with van der Waals surface area (Å²) in [6.45, 7) is 5.05. The topological polar surface area (TPSA) is 22.0 Å². The molecule has 0 spiro atoms. The molecule has 0 atom stereocenters. The summed E-state index contributed by atoms with van der Waals surface area (Å²) in [6, 6.07) is 0.653. The first-order chi connectivity index (χ1) is 7.03. The Hall–Kier alpha value is -1.26. The van der Waals surface area contributed by atoms with Gasteiger partial charge in [-0.25, -0.2) is 0 Å². The van der Waals surface area contributed by atoms with Gasteiger partial charge in [0.15, 0.2) is 0 Å². The first-order valence-corrected chi connectivity index (χ1v) is 4.82. The molecule has 1 aromatic rings. The molecular weight excluding hydrogens is 219 g/mol. The molecule has 1 rings (SSSR count). The van der Waals surface area contributed by atoms with Gasteiger partial charge in [0.25, 0.3) is 5.56 Å². The van der Waals surface area contributed by atoms with Crippen molar-refractivity contribution in [3.63, 3.8) is 0 Å². The molecular formula is C11H14F3NO. The van der Waals surface area contributed by atoms with Crippen molar-refractivity contribution in [2.24, 2.45) is 7.05 Å². The normalized spacial score (nSPS) is 12.9. The molecule has 16 heavy (non-hydrogen) atoms. The van der Waals surface area contributed by atoms with Crippen molar-refractivity contribution < 1.29 is 13.2 Å². The smallest absolute Gasteiger partial charge is 0.318 e. The van der Waals surface area contributed by atoms with E-state index in [1.165, 1.54) is 13.2 Å². The van der Waals surface area contributed by atoms with Crippen molar-refractivity contribution in [1.82, 2.24) is 4.57 Å². The highest BCUT2D eigenvalue weighted by Crippen LogP contribution is 2.36. The maximum absolute atomic E-state index is 12.7. The fourth-order valence-electron chi connectivity index (χ4n) is 1.46. The summed E-state index contributed by atoms with van der Waals surface area (Å²) < 4.78 is 39.4. The summed E-state index contributed by atoms with van der Waals surface area (Å²) in [5.74, 6) is 0. The predicted octanol–water partition coefficient (Wildman–Crippen LogP) is 2.70. The Kier molecular flexibility index (Phi) is 2.92. The number of pyridine rings is 1. The molecule has 0 unspecified atom stereocenters. The molecule has 1 aromatic heterocycles. The molecule has 0 bridgehead atoms. The monoisotopic (exact) mass is 233 g/mol. The highest BCUT2D eigenvalue weighted by atomic mass is 19.4. The van der Waals surface area contributed by atoms with Crippen LogP contribution in [0.1, 0.15) is 31.9 Å². The van der Waals surface area contributed by atoms with Gasteiger partial charge >= 0.3 is 6.18 Å². The number of aryl methyl sites for hydroxylation is 1. The van der Waals surface area contributed by atoms with Crippen LogP contribution in [0.15, 0.2) is 17.1 Å². The lowest BCUT2D eigenvalue weighted by atomic mass is 9.85. The Balaban J connectivity index is 3.59. The minimum absolute atomic E-state index is 0.127. The highest BCUT2D eigenvalue weighted by Gasteiger charge is 2.37. The predicted molar refractivity (Wildman–Crippen MR) is 55.4 cm³/mol. The minimum atomic E-state index is -4.49. The van der Waals surface area contributed by atoms with Gasteiger partial charge in [-0.15, -0.1) is 0 Å². The molecule has 0 aliphatic rings. The molecule has 2 nitrogen and oxygen atoms in total. The molecule has 0 amide bonds. The number of alkyl halides is 3. The largest absolute Gasteiger partial charge is 0.416 e. The number of nitrogens with zero attached hydrogens (tertiary/aromatic N) is 1. The molecule has 0 aliphatic heterocycles. The van der Waals surface area contributed by atoms with E-state index in [-0.39, 0.29) is 5.56 Å². The van der Waals surface area contributed by atoms with Gasteiger partial charge in [-0.2, -0.15) is 13.2 Å². The summed E-state index contributed by atoms with van der Waals surface area (Å²) in [4.78, 5) is 11.2. The van der Waals surface area contributed by atoms with E-state index in [0.29, 0.717) is 6.07 Å². The minimum Gasteiger partial charge on any atom is -0.318 e. The van der Waals surface area contributed by atoms with Gasteiger partial charge in [0.2, 0.25) is 0 Å². The van der Waals surface area contributed by atoms with Crippen LogP contribution in [0.25, 0.3) is 0 Å². The Morgan fingerprint density at radius 1 is 1.12 bits per heavy atom. The Labute approximate surface area is 91.7 Å². The number of rotatable bonds is 0. The molecule has 90 valence electrons. The van der Waals surface area contributed by atoms with Crippen LogP contribution in [0, 0.1) is 0 Å². The Bertz CT molecular complexity index is 452. The van der Waals surface area contributed by atoms with E-state index in [2.05, 4.69) is 0 Å². The third-order valence-electron chi connectivity index (χ3n) is 2.34. The summed E-state index contributed by atoms with van der Waals surface area (Å²) >= 11 is 0. The van der Waals surface area contributed by atoms with Crippen LogP contribution in [0.2, 0.25) is 0 Å². The van der Waals surface area contributed by atoms with Gasteiger partial charge < -0.3 is 4.57 Å². The van der Waals surface area contributed by atoms with Crippen molar-refractivity contribution in [1.29, 1.82) is 0 Å². The van der Waals surface area contributed by atoms with Crippen LogP contribution >= 0.6 is 0 Å². The summed E-state index contributed by atoms with van der Waals surface area (Å²) in [5.41, 5.74) is -2.03. The van der Waals surface area contributed by atoms with Crippen LogP contribution in [0.4, 0.5) is 13.2 Å². The highest BCUT2D eigenvalue weighted by molar-refractivity contribution is 5.32. The SMILES string of the molecule is Cn1cc(C(C)(C)C)c(C(F)(F)F)cc1=O. The third kappa shape index (κ3) is 2.46. The Morgan fingerprint density at radius 3 is 2.00 bits per heavy atom. The zero-order chi connectivity index (χ0) is 12.7. The second-order valence-electron chi connectivity index (χ2n) is 4.80. The first-order valence-electron chi connectivity index (χ1n) is 4.82. The van der Waals surface area contributed by atoms with E-state index in [0.717, 1.165) is 4.57 Å². The lowest BCUT2D eigenvalue weighted by Crippen LogP contribution is -2.26. The molecule has 0 aliphatic carbocycles. The number of hydrogen-bond acceptors (Lipinski definition) is 1. The molecule has 1 heterocycles. The third-order valence-corrected chi connectivity index (χ3v) is 2.34. The van der Waals surface area contributed by atoms with Crippen LogP contribution in [-0.2, 0) is 18.6 Å². The average molecular weight is 233 g/mol. The first kappa shape index (κ1) is 12.8. The second kappa shape index (κ2) is 3.64. The van der Waals surface area contributed by atoms with Crippen LogP contribution in [0.5, 0.6) is 0 Å². The zero-order valence-electron chi connectivity index (χ0n) is 9.64. The van der Waals surface area contributed by atoms with E-state index >= 15 is 0 Å². The molecule has 0 saturated carbocycles. The van der Waals surface area contributed by atoms with Gasteiger partial charge in [-0.3, -0.25) is 4.79 Å². The Morgan fingerprint density at radius 2 is 1.62 bits per heavy atom. The molecule has 5 heteroatoms. The lowest BCUT2D eigenvalue weighted by molar-refractivity contribution is -0.138. The molecule has 0 fully saturated rings. The average Bonchev–Trinajstić information content (AvgIpc) is 2.05. The van der Waals surface area contributed by atoms with Crippen LogP contribution in [0.3, 0.4) is 0 Å².